The fraction of sp³-hybridized carbons (Fsp3) is 0.550. The zero-order valence-corrected chi connectivity index (χ0v) is 31.2. The van der Waals surface area contributed by atoms with Crippen molar-refractivity contribution in [1.29, 1.82) is 0 Å². The van der Waals surface area contributed by atoms with Gasteiger partial charge in [0.2, 0.25) is 5.79 Å². The molecule has 10 nitrogen and oxygen atoms in total. The van der Waals surface area contributed by atoms with E-state index >= 15 is 0 Å². The number of likely N-dealkylation sites (N-methyl/N-ethyl adjacent to an activating group) is 1. The molecule has 2 aromatic carbocycles. The third kappa shape index (κ3) is 8.43. The topological polar surface area (TPSA) is 119 Å². The van der Waals surface area contributed by atoms with Crippen LogP contribution < -0.4 is 9.47 Å². The van der Waals surface area contributed by atoms with Gasteiger partial charge in [0.1, 0.15) is 29.9 Å². The van der Waals surface area contributed by atoms with E-state index in [-0.39, 0.29) is 50.1 Å². The standard InChI is InChI=1S/C40H54N2O8S/c1-6-23-47-40-36(42(4)39(45)46-7-2)26-34(41-48-8-3)32-24-27(13-9-11-21-43)31(14-10-12-22-44)37(38(32)40)33-25-29(17-20-35(33)50-40)49-28-15-18-30(51-5)19-16-28/h6,15-20,24-25,27,31,36-38,43-44H,1,7-14,21-23,26H2,2-5H3/t27-,31+,36-,37+,38+,40+/m0/s1. The van der Waals surface area contributed by atoms with Crippen LogP contribution in [0.15, 0.2) is 76.8 Å². The highest BCUT2D eigenvalue weighted by atomic mass is 32.2. The van der Waals surface area contributed by atoms with Crippen LogP contribution in [0.4, 0.5) is 4.79 Å². The van der Waals surface area contributed by atoms with E-state index in [4.69, 9.17) is 23.8 Å². The Hall–Kier alpha value is -3.51. The number of benzene rings is 2. The third-order valence-electron chi connectivity index (χ3n) is 10.3. The van der Waals surface area contributed by atoms with Gasteiger partial charge in [-0.1, -0.05) is 30.1 Å². The molecule has 6 atom stereocenters. The monoisotopic (exact) mass is 722 g/mol. The van der Waals surface area contributed by atoms with Crippen LogP contribution in [0.3, 0.4) is 0 Å². The third-order valence-corrected chi connectivity index (χ3v) is 11.0. The summed E-state index contributed by atoms with van der Waals surface area (Å²) in [5.41, 5.74) is 2.74. The summed E-state index contributed by atoms with van der Waals surface area (Å²) in [5, 5.41) is 24.2. The molecule has 1 fully saturated rings. The Kier molecular flexibility index (Phi) is 13.9. The van der Waals surface area contributed by atoms with E-state index in [1.165, 1.54) is 0 Å². The van der Waals surface area contributed by atoms with E-state index in [1.807, 2.05) is 49.6 Å². The molecule has 0 bridgehead atoms. The number of carbonyl (C=O) groups excluding carboxylic acids is 1. The van der Waals surface area contributed by atoms with Crippen LogP contribution in [0, 0.1) is 17.8 Å². The Bertz CT molecular complexity index is 1530. The van der Waals surface area contributed by atoms with E-state index < -0.39 is 17.9 Å². The Morgan fingerprint density at radius 1 is 1.06 bits per heavy atom. The van der Waals surface area contributed by atoms with Gasteiger partial charge in [-0.25, -0.2) is 4.79 Å². The minimum absolute atomic E-state index is 0.119. The smallest absolute Gasteiger partial charge is 0.409 e. The molecule has 2 aliphatic carbocycles. The number of nitrogens with zero attached hydrogens (tertiary/aromatic N) is 2. The minimum Gasteiger partial charge on any atom is -0.459 e. The number of ether oxygens (including phenoxy) is 4. The molecule has 1 saturated carbocycles. The second-order valence-corrected chi connectivity index (χ2v) is 14.2. The van der Waals surface area contributed by atoms with Gasteiger partial charge in [-0.2, -0.15) is 0 Å². The van der Waals surface area contributed by atoms with Crippen LogP contribution in [0.25, 0.3) is 0 Å². The van der Waals surface area contributed by atoms with Gasteiger partial charge in [0, 0.05) is 43.1 Å². The van der Waals surface area contributed by atoms with Crippen molar-refractivity contribution >= 4 is 23.6 Å². The Morgan fingerprint density at radius 2 is 1.78 bits per heavy atom. The average Bonchev–Trinajstić information content (AvgIpc) is 3.14. The van der Waals surface area contributed by atoms with Crippen molar-refractivity contribution in [3.63, 3.8) is 0 Å². The summed E-state index contributed by atoms with van der Waals surface area (Å²) >= 11 is 1.68. The van der Waals surface area contributed by atoms with Crippen molar-refractivity contribution in [1.82, 2.24) is 4.90 Å². The number of fused-ring (bicyclic) bond motifs is 2. The Labute approximate surface area is 306 Å². The molecule has 0 unspecified atom stereocenters. The summed E-state index contributed by atoms with van der Waals surface area (Å²) < 4.78 is 25.9. The predicted octanol–water partition coefficient (Wildman–Crippen LogP) is 7.94. The lowest BCUT2D eigenvalue weighted by Gasteiger charge is -2.59. The number of hydrogen-bond donors (Lipinski definition) is 2. The Morgan fingerprint density at radius 3 is 2.45 bits per heavy atom. The van der Waals surface area contributed by atoms with Gasteiger partial charge in [0.05, 0.1) is 24.8 Å². The summed E-state index contributed by atoms with van der Waals surface area (Å²) in [4.78, 5) is 21.9. The van der Waals surface area contributed by atoms with Crippen molar-refractivity contribution < 1.29 is 38.8 Å². The summed E-state index contributed by atoms with van der Waals surface area (Å²) in [6, 6.07) is 13.4. The molecule has 2 aromatic rings. The summed E-state index contributed by atoms with van der Waals surface area (Å²) in [6.45, 7) is 8.71. The molecule has 0 spiro atoms. The maximum Gasteiger partial charge on any atom is 0.409 e. The van der Waals surface area contributed by atoms with Crippen LogP contribution in [0.1, 0.15) is 70.3 Å². The van der Waals surface area contributed by atoms with Crippen LogP contribution in [0.5, 0.6) is 17.2 Å². The number of allylic oxidation sites excluding steroid dienone is 1. The molecule has 5 rings (SSSR count). The maximum atomic E-state index is 13.5. The molecular weight excluding hydrogens is 669 g/mol. The second-order valence-electron chi connectivity index (χ2n) is 13.3. The molecule has 0 saturated heterocycles. The van der Waals surface area contributed by atoms with Crippen LogP contribution in [-0.4, -0.2) is 85.1 Å². The van der Waals surface area contributed by atoms with Crippen molar-refractivity contribution in [2.75, 3.05) is 46.3 Å². The molecule has 3 aliphatic rings. The number of amides is 1. The molecule has 51 heavy (non-hydrogen) atoms. The number of hydrogen-bond acceptors (Lipinski definition) is 10. The summed E-state index contributed by atoms with van der Waals surface area (Å²) in [7, 11) is 1.72. The van der Waals surface area contributed by atoms with Gasteiger partial charge in [0.15, 0.2) is 0 Å². The fourth-order valence-electron chi connectivity index (χ4n) is 8.07. The first kappa shape index (κ1) is 38.7. The number of rotatable bonds is 18. The van der Waals surface area contributed by atoms with Gasteiger partial charge in [0.25, 0.3) is 0 Å². The van der Waals surface area contributed by atoms with Crippen molar-refractivity contribution in [2.45, 2.75) is 81.4 Å². The SMILES string of the molecule is C=CCO[C@@]12Oc3ccc(Oc4ccc(SC)cc4)cc3[C@H]3[C@H](CCCCO)[C@@H](CCCCO)C=C(C(=NOCC)C[C@@H]1N(C)C(=O)OCC)[C@H]32. The number of thioether (sulfide) groups is 1. The van der Waals surface area contributed by atoms with Crippen LogP contribution in [0.2, 0.25) is 0 Å². The molecule has 0 radical (unpaired) electrons. The quantitative estimate of drug-likeness (QED) is 0.0684. The van der Waals surface area contributed by atoms with Gasteiger partial charge >= 0.3 is 6.09 Å². The van der Waals surface area contributed by atoms with Gasteiger partial charge in [-0.15, -0.1) is 18.3 Å². The van der Waals surface area contributed by atoms with E-state index in [1.54, 1.807) is 36.7 Å². The Balaban J connectivity index is 1.73. The largest absolute Gasteiger partial charge is 0.459 e. The van der Waals surface area contributed by atoms with Crippen LogP contribution >= 0.6 is 11.8 Å². The first-order valence-corrected chi connectivity index (χ1v) is 19.5. The van der Waals surface area contributed by atoms with Crippen molar-refractivity contribution in [3.8, 4) is 17.2 Å². The van der Waals surface area contributed by atoms with Crippen LogP contribution in [-0.2, 0) is 14.3 Å². The van der Waals surface area contributed by atoms with E-state index in [9.17, 15) is 15.0 Å². The van der Waals surface area contributed by atoms with Crippen molar-refractivity contribution in [2.24, 2.45) is 22.9 Å². The highest BCUT2D eigenvalue weighted by molar-refractivity contribution is 7.98. The van der Waals surface area contributed by atoms with Gasteiger partial charge < -0.3 is 38.9 Å². The first-order chi connectivity index (χ1) is 24.8. The minimum atomic E-state index is -1.31. The molecule has 11 heteroatoms. The number of oxime groups is 1. The molecule has 1 heterocycles. The lowest BCUT2D eigenvalue weighted by Crippen LogP contribution is -2.69. The molecular formula is C40H54N2O8S. The molecule has 0 aromatic heterocycles. The lowest BCUT2D eigenvalue weighted by molar-refractivity contribution is -0.253. The van der Waals surface area contributed by atoms with Gasteiger partial charge in [-0.3, -0.25) is 0 Å². The number of aliphatic hydroxyl groups excluding tert-OH is 2. The highest BCUT2D eigenvalue weighted by Crippen LogP contribution is 2.62. The lowest BCUT2D eigenvalue weighted by atomic mass is 9.55. The second kappa shape index (κ2) is 18.3. The first-order valence-electron chi connectivity index (χ1n) is 18.3. The summed E-state index contributed by atoms with van der Waals surface area (Å²) in [6.07, 6.45) is 10.7. The van der Waals surface area contributed by atoms with Crippen molar-refractivity contribution in [3.05, 3.63) is 72.3 Å². The highest BCUT2D eigenvalue weighted by Gasteiger charge is 2.65. The van der Waals surface area contributed by atoms with E-state index in [0.29, 0.717) is 37.4 Å². The number of carbonyl (C=O) groups is 1. The zero-order chi connectivity index (χ0) is 36.4. The van der Waals surface area contributed by atoms with E-state index in [2.05, 4.69) is 23.9 Å². The zero-order valence-electron chi connectivity index (χ0n) is 30.4. The normalized spacial score (nSPS) is 25.6. The predicted molar refractivity (Wildman–Crippen MR) is 200 cm³/mol. The van der Waals surface area contributed by atoms with Gasteiger partial charge in [-0.05, 0) is 106 Å². The summed E-state index contributed by atoms with van der Waals surface area (Å²) in [5.74, 6) is 0.521. The maximum absolute atomic E-state index is 13.5. The molecule has 1 amide bonds. The molecule has 2 N–H and O–H groups in total. The number of aliphatic hydroxyl groups is 2. The average molecular weight is 723 g/mol. The fourth-order valence-corrected chi connectivity index (χ4v) is 8.47. The van der Waals surface area contributed by atoms with E-state index in [0.717, 1.165) is 53.2 Å². The number of unbranched alkanes of at least 4 members (excludes halogenated alkanes) is 2. The molecule has 1 aliphatic heterocycles. The molecule has 278 valence electrons.